The van der Waals surface area contributed by atoms with E-state index in [0.29, 0.717) is 30.0 Å². The molecule has 1 aromatic carbocycles. The molecule has 0 amide bonds. The molecule has 2 aromatic rings. The number of carbonyl (C=O) groups excluding carboxylic acids is 1. The first-order valence-electron chi connectivity index (χ1n) is 7.12. The molecule has 0 radical (unpaired) electrons. The van der Waals surface area contributed by atoms with Crippen LogP contribution in [0.3, 0.4) is 0 Å². The molecule has 6 heteroatoms. The van der Waals surface area contributed by atoms with Gasteiger partial charge in [-0.3, -0.25) is 9.10 Å². The van der Waals surface area contributed by atoms with E-state index in [1.165, 1.54) is 15.6 Å². The Morgan fingerprint density at radius 1 is 1.14 bits per heavy atom. The van der Waals surface area contributed by atoms with Gasteiger partial charge in [-0.1, -0.05) is 17.7 Å². The lowest BCUT2D eigenvalue weighted by molar-refractivity contribution is 0.0984. The average molecular weight is 335 g/mol. The van der Waals surface area contributed by atoms with Crippen molar-refractivity contribution in [2.75, 3.05) is 10.8 Å². The fourth-order valence-electron chi connectivity index (χ4n) is 2.57. The third-order valence-corrected chi connectivity index (χ3v) is 6.74. The van der Waals surface area contributed by atoms with Crippen molar-refractivity contribution in [3.8, 4) is 0 Å². The Bertz CT molecular complexity index is 820. The van der Waals surface area contributed by atoms with Crippen molar-refractivity contribution in [1.82, 2.24) is 0 Å². The number of sulfonamides is 1. The van der Waals surface area contributed by atoms with Gasteiger partial charge in [-0.2, -0.15) is 0 Å². The predicted molar refractivity (Wildman–Crippen MR) is 88.3 cm³/mol. The highest BCUT2D eigenvalue weighted by Gasteiger charge is 2.32. The van der Waals surface area contributed by atoms with Crippen LogP contribution < -0.4 is 4.31 Å². The van der Waals surface area contributed by atoms with Crippen molar-refractivity contribution in [2.45, 2.75) is 31.6 Å². The number of nitrogens with zero attached hydrogens (tertiary/aromatic N) is 1. The van der Waals surface area contributed by atoms with E-state index in [1.54, 1.807) is 30.3 Å². The largest absolute Gasteiger partial charge is 0.294 e. The van der Waals surface area contributed by atoms with Gasteiger partial charge in [-0.25, -0.2) is 8.42 Å². The SMILES string of the molecule is Cc1ccc(S(=O)(=O)N2CCCC(=O)c3cc(C)sc32)cc1. The number of hydrogen-bond donors (Lipinski definition) is 0. The van der Waals surface area contributed by atoms with Gasteiger partial charge in [0.05, 0.1) is 10.5 Å². The molecule has 0 aliphatic carbocycles. The second-order valence-electron chi connectivity index (χ2n) is 5.49. The monoisotopic (exact) mass is 335 g/mol. The number of fused-ring (bicyclic) bond motifs is 1. The number of benzene rings is 1. The van der Waals surface area contributed by atoms with Crippen LogP contribution in [0.1, 0.15) is 33.6 Å². The lowest BCUT2D eigenvalue weighted by Crippen LogP contribution is -2.31. The van der Waals surface area contributed by atoms with Gasteiger partial charge in [0.1, 0.15) is 5.00 Å². The Morgan fingerprint density at radius 2 is 1.82 bits per heavy atom. The Kier molecular flexibility index (Phi) is 3.82. The van der Waals surface area contributed by atoms with Gasteiger partial charge >= 0.3 is 0 Å². The molecule has 0 N–H and O–H groups in total. The predicted octanol–water partition coefficient (Wildman–Crippen LogP) is 3.54. The number of aryl methyl sites for hydroxylation is 2. The summed E-state index contributed by atoms with van der Waals surface area (Å²) in [4.78, 5) is 13.4. The van der Waals surface area contributed by atoms with Gasteiger partial charge < -0.3 is 0 Å². The van der Waals surface area contributed by atoms with Gasteiger partial charge in [0.15, 0.2) is 5.78 Å². The number of Topliss-reactive ketones (excluding diaryl/α,β-unsaturated/α-hetero) is 1. The fraction of sp³-hybridized carbons (Fsp3) is 0.312. The summed E-state index contributed by atoms with van der Waals surface area (Å²) < 4.78 is 27.3. The molecule has 0 atom stereocenters. The Morgan fingerprint density at radius 3 is 2.50 bits per heavy atom. The highest BCUT2D eigenvalue weighted by molar-refractivity contribution is 7.93. The summed E-state index contributed by atoms with van der Waals surface area (Å²) in [5.74, 6) is 0.0287. The first kappa shape index (κ1) is 15.2. The molecule has 0 unspecified atom stereocenters. The van der Waals surface area contributed by atoms with Crippen molar-refractivity contribution in [2.24, 2.45) is 0 Å². The third kappa shape index (κ3) is 2.57. The quantitative estimate of drug-likeness (QED) is 0.843. The van der Waals surface area contributed by atoms with E-state index in [9.17, 15) is 13.2 Å². The minimum Gasteiger partial charge on any atom is -0.294 e. The van der Waals surface area contributed by atoms with Crippen molar-refractivity contribution in [3.63, 3.8) is 0 Å². The van der Waals surface area contributed by atoms with Crippen molar-refractivity contribution >= 4 is 32.1 Å². The van der Waals surface area contributed by atoms with Crippen LogP contribution in [-0.2, 0) is 10.0 Å². The summed E-state index contributed by atoms with van der Waals surface area (Å²) >= 11 is 1.37. The summed E-state index contributed by atoms with van der Waals surface area (Å²) in [5, 5.41) is 0.556. The molecule has 116 valence electrons. The second kappa shape index (κ2) is 5.52. The van der Waals surface area contributed by atoms with E-state index in [1.807, 2.05) is 13.8 Å². The second-order valence-corrected chi connectivity index (χ2v) is 8.59. The van der Waals surface area contributed by atoms with Gasteiger partial charge in [0.2, 0.25) is 0 Å². The van der Waals surface area contributed by atoms with Crippen LogP contribution in [0.4, 0.5) is 5.00 Å². The molecule has 0 saturated carbocycles. The fourth-order valence-corrected chi connectivity index (χ4v) is 5.36. The number of anilines is 1. The van der Waals surface area contributed by atoms with E-state index in [-0.39, 0.29) is 10.7 Å². The Hall–Kier alpha value is -1.66. The molecule has 2 heterocycles. The lowest BCUT2D eigenvalue weighted by atomic mass is 10.1. The number of ketones is 1. The van der Waals surface area contributed by atoms with Crippen molar-refractivity contribution < 1.29 is 13.2 Å². The van der Waals surface area contributed by atoms with Crippen LogP contribution in [0.5, 0.6) is 0 Å². The molecule has 3 rings (SSSR count). The molecule has 4 nitrogen and oxygen atoms in total. The van der Waals surface area contributed by atoms with Crippen LogP contribution in [0.15, 0.2) is 35.2 Å². The zero-order valence-corrected chi connectivity index (χ0v) is 14.1. The Labute approximate surface area is 134 Å². The number of thiophene rings is 1. The van der Waals surface area contributed by atoms with E-state index >= 15 is 0 Å². The van der Waals surface area contributed by atoms with E-state index in [2.05, 4.69) is 0 Å². The average Bonchev–Trinajstić information content (AvgIpc) is 2.78. The lowest BCUT2D eigenvalue weighted by Gasteiger charge is -2.22. The first-order valence-corrected chi connectivity index (χ1v) is 9.38. The zero-order valence-electron chi connectivity index (χ0n) is 12.5. The third-order valence-electron chi connectivity index (χ3n) is 3.74. The van der Waals surface area contributed by atoms with Gasteiger partial charge in [-0.05, 0) is 38.5 Å². The maximum atomic E-state index is 13.0. The summed E-state index contributed by atoms with van der Waals surface area (Å²) in [6.07, 6.45) is 0.938. The zero-order chi connectivity index (χ0) is 15.9. The molecule has 0 saturated heterocycles. The maximum absolute atomic E-state index is 13.0. The molecule has 1 aliphatic heterocycles. The normalized spacial score (nSPS) is 15.5. The number of carbonyl (C=O) groups is 1. The van der Waals surface area contributed by atoms with Gasteiger partial charge in [0.25, 0.3) is 10.0 Å². The topological polar surface area (TPSA) is 54.5 Å². The molecular formula is C16H17NO3S2. The molecule has 0 fully saturated rings. The first-order chi connectivity index (χ1) is 10.4. The van der Waals surface area contributed by atoms with Crippen LogP contribution >= 0.6 is 11.3 Å². The molecule has 0 spiro atoms. The van der Waals surface area contributed by atoms with E-state index < -0.39 is 10.0 Å². The van der Waals surface area contributed by atoms with Crippen LogP contribution in [0.2, 0.25) is 0 Å². The molecule has 22 heavy (non-hydrogen) atoms. The summed E-state index contributed by atoms with van der Waals surface area (Å²) in [5.41, 5.74) is 1.55. The Balaban J connectivity index is 2.12. The smallest absolute Gasteiger partial charge is 0.264 e. The van der Waals surface area contributed by atoms with Crippen LogP contribution in [-0.4, -0.2) is 20.7 Å². The maximum Gasteiger partial charge on any atom is 0.264 e. The van der Waals surface area contributed by atoms with E-state index in [0.717, 1.165) is 10.4 Å². The summed E-state index contributed by atoms with van der Waals surface area (Å²) in [6, 6.07) is 8.62. The number of rotatable bonds is 2. The number of hydrogen-bond acceptors (Lipinski definition) is 4. The molecule has 1 aromatic heterocycles. The van der Waals surface area contributed by atoms with Crippen molar-refractivity contribution in [3.05, 3.63) is 46.3 Å². The molecular weight excluding hydrogens is 318 g/mol. The van der Waals surface area contributed by atoms with E-state index in [4.69, 9.17) is 0 Å². The minimum absolute atomic E-state index is 0.0287. The highest BCUT2D eigenvalue weighted by Crippen LogP contribution is 2.37. The minimum atomic E-state index is -3.63. The van der Waals surface area contributed by atoms with Crippen LogP contribution in [0, 0.1) is 13.8 Å². The summed E-state index contributed by atoms with van der Waals surface area (Å²) in [6.45, 7) is 4.15. The highest BCUT2D eigenvalue weighted by atomic mass is 32.2. The summed E-state index contributed by atoms with van der Waals surface area (Å²) in [7, 11) is -3.63. The van der Waals surface area contributed by atoms with Gasteiger partial charge in [0, 0.05) is 17.8 Å². The van der Waals surface area contributed by atoms with Crippen molar-refractivity contribution in [1.29, 1.82) is 0 Å². The van der Waals surface area contributed by atoms with Crippen LogP contribution in [0.25, 0.3) is 0 Å². The van der Waals surface area contributed by atoms with Gasteiger partial charge in [-0.15, -0.1) is 11.3 Å². The molecule has 1 aliphatic rings. The standard InChI is InChI=1S/C16H17NO3S2/c1-11-5-7-13(8-6-11)22(19,20)17-9-3-4-15(18)14-10-12(2)21-16(14)17/h5-8,10H,3-4,9H2,1-2H3. The molecule has 0 bridgehead atoms.